The fraction of sp³-hybridized carbons (Fsp3) is 0.688. The first kappa shape index (κ1) is 21.6. The van der Waals surface area contributed by atoms with E-state index in [0.29, 0.717) is 0 Å². The van der Waals surface area contributed by atoms with Gasteiger partial charge in [-0.3, -0.25) is 14.4 Å². The van der Waals surface area contributed by atoms with Gasteiger partial charge in [0.25, 0.3) is 0 Å². The largest absolute Gasteiger partial charge is 0.456 e. The van der Waals surface area contributed by atoms with Gasteiger partial charge in [-0.1, -0.05) is 22.0 Å². The van der Waals surface area contributed by atoms with Crippen molar-refractivity contribution in [2.24, 2.45) is 0 Å². The van der Waals surface area contributed by atoms with E-state index in [1.54, 1.807) is 13.0 Å². The molecule has 0 spiro atoms. The second-order valence-electron chi connectivity index (χ2n) is 5.50. The minimum absolute atomic E-state index is 0.256. The summed E-state index contributed by atoms with van der Waals surface area (Å²) in [5.41, 5.74) is 0. The number of carbonyl (C=O) groups is 3. The van der Waals surface area contributed by atoms with Gasteiger partial charge in [0, 0.05) is 20.8 Å². The van der Waals surface area contributed by atoms with Crippen LogP contribution in [0.3, 0.4) is 0 Å². The van der Waals surface area contributed by atoms with Gasteiger partial charge in [-0.15, -0.1) is 6.58 Å². The van der Waals surface area contributed by atoms with Crippen LogP contribution in [0.4, 0.5) is 0 Å². The molecule has 0 amide bonds. The second kappa shape index (κ2) is 9.88. The van der Waals surface area contributed by atoms with Crippen LogP contribution in [0.2, 0.25) is 0 Å². The summed E-state index contributed by atoms with van der Waals surface area (Å²) >= 11 is 3.28. The SMILES string of the molecule is C=CCO[C@H](C)[C@H]1O[C@@H](Br)[C@H](OC(C)=O)[C@@H](OC(C)=O)[C@H]1OC(C)=O. The van der Waals surface area contributed by atoms with Gasteiger partial charge in [0.2, 0.25) is 0 Å². The molecule has 142 valence electrons. The van der Waals surface area contributed by atoms with Crippen LogP contribution in [-0.4, -0.2) is 60.0 Å². The van der Waals surface area contributed by atoms with Crippen molar-refractivity contribution < 1.29 is 38.1 Å². The van der Waals surface area contributed by atoms with E-state index in [1.807, 2.05) is 0 Å². The van der Waals surface area contributed by atoms with E-state index in [2.05, 4.69) is 22.5 Å². The zero-order valence-corrected chi connectivity index (χ0v) is 16.2. The molecule has 0 aromatic carbocycles. The molecule has 0 bridgehead atoms. The van der Waals surface area contributed by atoms with Gasteiger partial charge in [-0.25, -0.2) is 0 Å². The topological polar surface area (TPSA) is 97.4 Å². The first-order valence-electron chi connectivity index (χ1n) is 7.71. The second-order valence-corrected chi connectivity index (χ2v) is 6.40. The van der Waals surface area contributed by atoms with Crippen LogP contribution in [0.5, 0.6) is 0 Å². The lowest BCUT2D eigenvalue weighted by molar-refractivity contribution is -0.245. The quantitative estimate of drug-likeness (QED) is 0.263. The Morgan fingerprint density at radius 1 is 1.04 bits per heavy atom. The van der Waals surface area contributed by atoms with E-state index in [-0.39, 0.29) is 6.61 Å². The highest BCUT2D eigenvalue weighted by Crippen LogP contribution is 2.33. The highest BCUT2D eigenvalue weighted by atomic mass is 79.9. The number of carbonyl (C=O) groups excluding carboxylic acids is 3. The summed E-state index contributed by atoms with van der Waals surface area (Å²) < 4.78 is 27.2. The summed E-state index contributed by atoms with van der Waals surface area (Å²) in [7, 11) is 0. The molecule has 25 heavy (non-hydrogen) atoms. The Morgan fingerprint density at radius 3 is 2.00 bits per heavy atom. The molecule has 1 saturated heterocycles. The lowest BCUT2D eigenvalue weighted by Crippen LogP contribution is -2.62. The summed E-state index contributed by atoms with van der Waals surface area (Å²) in [6, 6.07) is 0. The van der Waals surface area contributed by atoms with Gasteiger partial charge < -0.3 is 23.7 Å². The van der Waals surface area contributed by atoms with Crippen molar-refractivity contribution in [2.75, 3.05) is 6.61 Å². The molecule has 0 radical (unpaired) electrons. The van der Waals surface area contributed by atoms with Gasteiger partial charge in [0.1, 0.15) is 6.10 Å². The van der Waals surface area contributed by atoms with Crippen molar-refractivity contribution in [1.82, 2.24) is 0 Å². The average molecular weight is 423 g/mol. The highest BCUT2D eigenvalue weighted by molar-refractivity contribution is 9.09. The Bertz CT molecular complexity index is 508. The first-order chi connectivity index (χ1) is 11.7. The molecule has 0 aliphatic carbocycles. The molecule has 8 nitrogen and oxygen atoms in total. The molecular formula is C16H23BrO8. The van der Waals surface area contributed by atoms with Gasteiger partial charge in [0.15, 0.2) is 23.3 Å². The van der Waals surface area contributed by atoms with Crippen molar-refractivity contribution in [3.63, 3.8) is 0 Å². The molecule has 0 aromatic heterocycles. The summed E-state index contributed by atoms with van der Waals surface area (Å²) in [6.07, 6.45) is -2.77. The summed E-state index contributed by atoms with van der Waals surface area (Å²) in [6.45, 7) is 9.20. The normalized spacial score (nSPS) is 30.0. The summed E-state index contributed by atoms with van der Waals surface area (Å²) in [5.74, 6) is -1.80. The van der Waals surface area contributed by atoms with Crippen molar-refractivity contribution in [2.45, 2.75) is 63.2 Å². The number of hydrogen-bond donors (Lipinski definition) is 0. The van der Waals surface area contributed by atoms with E-state index < -0.39 is 53.4 Å². The molecule has 9 heteroatoms. The van der Waals surface area contributed by atoms with Gasteiger partial charge in [0.05, 0.1) is 12.7 Å². The van der Waals surface area contributed by atoms with E-state index in [9.17, 15) is 14.4 Å². The zero-order chi connectivity index (χ0) is 19.1. The Hall–Kier alpha value is -1.45. The molecule has 1 rings (SSSR count). The van der Waals surface area contributed by atoms with Gasteiger partial charge in [-0.2, -0.15) is 0 Å². The van der Waals surface area contributed by atoms with Crippen molar-refractivity contribution in [1.29, 1.82) is 0 Å². The van der Waals surface area contributed by atoms with E-state index in [4.69, 9.17) is 23.7 Å². The van der Waals surface area contributed by atoms with Crippen molar-refractivity contribution in [3.05, 3.63) is 12.7 Å². The molecule has 0 N–H and O–H groups in total. The van der Waals surface area contributed by atoms with Crippen molar-refractivity contribution >= 4 is 33.8 Å². The molecule has 1 aliphatic heterocycles. The molecule has 0 aromatic rings. The Morgan fingerprint density at radius 2 is 1.52 bits per heavy atom. The third-order valence-electron chi connectivity index (χ3n) is 3.36. The van der Waals surface area contributed by atoms with Crippen molar-refractivity contribution in [3.8, 4) is 0 Å². The number of esters is 3. The maximum atomic E-state index is 11.5. The van der Waals surface area contributed by atoms with Crippen LogP contribution in [0.15, 0.2) is 12.7 Å². The fourth-order valence-corrected chi connectivity index (χ4v) is 3.14. The maximum Gasteiger partial charge on any atom is 0.303 e. The Labute approximate surface area is 154 Å². The van der Waals surface area contributed by atoms with Crippen LogP contribution in [-0.2, 0) is 38.1 Å². The predicted octanol–water partition coefficient (Wildman–Crippen LogP) is 1.49. The number of halogens is 1. The van der Waals surface area contributed by atoms with E-state index in [0.717, 1.165) is 0 Å². The lowest BCUT2D eigenvalue weighted by atomic mass is 9.96. The fourth-order valence-electron chi connectivity index (χ4n) is 2.48. The lowest BCUT2D eigenvalue weighted by Gasteiger charge is -2.44. The average Bonchev–Trinajstić information content (AvgIpc) is 2.49. The van der Waals surface area contributed by atoms with E-state index in [1.165, 1.54) is 20.8 Å². The number of ether oxygens (including phenoxy) is 5. The molecule has 1 aliphatic rings. The minimum Gasteiger partial charge on any atom is -0.456 e. The summed E-state index contributed by atoms with van der Waals surface area (Å²) in [5, 5.41) is -0.785. The predicted molar refractivity (Wildman–Crippen MR) is 89.9 cm³/mol. The monoisotopic (exact) mass is 422 g/mol. The highest BCUT2D eigenvalue weighted by Gasteiger charge is 2.52. The van der Waals surface area contributed by atoms with Gasteiger partial charge in [-0.05, 0) is 6.92 Å². The molecule has 6 atom stereocenters. The Balaban J connectivity index is 3.17. The molecular weight excluding hydrogens is 400 g/mol. The Kier molecular flexibility index (Phi) is 8.54. The smallest absolute Gasteiger partial charge is 0.303 e. The summed E-state index contributed by atoms with van der Waals surface area (Å²) in [4.78, 5) is 34.5. The maximum absolute atomic E-state index is 11.5. The van der Waals surface area contributed by atoms with E-state index >= 15 is 0 Å². The third kappa shape index (κ3) is 6.41. The first-order valence-corrected chi connectivity index (χ1v) is 8.62. The molecule has 1 fully saturated rings. The molecule has 0 saturated carbocycles. The van der Waals surface area contributed by atoms with Crippen LogP contribution in [0.1, 0.15) is 27.7 Å². The molecule has 1 heterocycles. The van der Waals surface area contributed by atoms with Gasteiger partial charge >= 0.3 is 17.9 Å². The third-order valence-corrected chi connectivity index (χ3v) is 4.10. The molecule has 0 unspecified atom stereocenters. The van der Waals surface area contributed by atoms with Crippen LogP contribution in [0.25, 0.3) is 0 Å². The standard InChI is InChI=1S/C16H23BrO8/c1-6-7-21-8(2)12-13(22-9(3)18)14(23-10(4)19)15(16(17)25-12)24-11(5)20/h6,8,12-16H,1,7H2,2-5H3/t8-,12-,13+,14+,15-,16-/m1/s1. The van der Waals surface area contributed by atoms with Crippen LogP contribution >= 0.6 is 15.9 Å². The number of alkyl halides is 1. The zero-order valence-electron chi connectivity index (χ0n) is 14.6. The van der Waals surface area contributed by atoms with Crippen LogP contribution < -0.4 is 0 Å². The number of hydrogen-bond acceptors (Lipinski definition) is 8. The number of rotatable bonds is 7. The van der Waals surface area contributed by atoms with Crippen LogP contribution in [0, 0.1) is 0 Å². The minimum atomic E-state index is -1.05.